The molecule has 0 saturated heterocycles. The lowest BCUT2D eigenvalue weighted by atomic mass is 10.2. The molecular weight excluding hydrogens is 237 g/mol. The number of hydrogen-bond acceptors (Lipinski definition) is 3. The average molecular weight is 246 g/mol. The summed E-state index contributed by atoms with van der Waals surface area (Å²) in [6.45, 7) is 3.50. The topological polar surface area (TPSA) is 38.3 Å². The second-order valence-electron chi connectivity index (χ2n) is 2.73. The Labute approximate surface area is 97.6 Å². The first kappa shape index (κ1) is 12.0. The van der Waals surface area contributed by atoms with Crippen molar-refractivity contribution in [2.75, 3.05) is 6.61 Å². The van der Waals surface area contributed by atoms with E-state index in [4.69, 9.17) is 28.0 Å². The fourth-order valence-electron chi connectivity index (χ4n) is 0.890. The summed E-state index contributed by atoms with van der Waals surface area (Å²) >= 11 is 10.8. The van der Waals surface area contributed by atoms with Crippen LogP contribution in [0.3, 0.4) is 0 Å². The van der Waals surface area contributed by atoms with E-state index < -0.39 is 5.24 Å². The normalized spacial score (nSPS) is 9.73. The first-order valence-electron chi connectivity index (χ1n) is 4.10. The summed E-state index contributed by atoms with van der Waals surface area (Å²) in [5.74, 6) is 0. The molecular formula is C10H9Cl2NO2. The lowest BCUT2D eigenvalue weighted by molar-refractivity contribution is -0.117. The zero-order valence-electron chi connectivity index (χ0n) is 7.80. The maximum Gasteiger partial charge on any atom is 0.250 e. The van der Waals surface area contributed by atoms with Crippen LogP contribution in [0.1, 0.15) is 5.56 Å². The van der Waals surface area contributed by atoms with Crippen LogP contribution in [0.4, 0.5) is 0 Å². The summed E-state index contributed by atoms with van der Waals surface area (Å²) in [4.78, 5) is 15.1. The largest absolute Gasteiger partial charge is 0.279 e. The third kappa shape index (κ3) is 4.34. The highest BCUT2D eigenvalue weighted by Gasteiger charge is 2.00. The van der Waals surface area contributed by atoms with Gasteiger partial charge in [0.1, 0.15) is 6.61 Å². The summed E-state index contributed by atoms with van der Waals surface area (Å²) < 4.78 is 0. The van der Waals surface area contributed by atoms with Crippen LogP contribution in [-0.2, 0) is 9.63 Å². The lowest BCUT2D eigenvalue weighted by Crippen LogP contribution is -2.15. The SMILES string of the molecule is C=C(NOCC(=O)Cl)c1ccc(Cl)cc1. The Morgan fingerprint density at radius 1 is 1.40 bits per heavy atom. The number of carbonyl (C=O) groups is 1. The van der Waals surface area contributed by atoms with Gasteiger partial charge in [0.15, 0.2) is 0 Å². The van der Waals surface area contributed by atoms with Crippen LogP contribution in [0.25, 0.3) is 5.70 Å². The zero-order chi connectivity index (χ0) is 11.3. The zero-order valence-corrected chi connectivity index (χ0v) is 9.31. The monoisotopic (exact) mass is 245 g/mol. The Hall–Kier alpha value is -1.03. The molecule has 0 aromatic heterocycles. The first-order valence-corrected chi connectivity index (χ1v) is 4.86. The molecule has 1 N–H and O–H groups in total. The van der Waals surface area contributed by atoms with Gasteiger partial charge in [0.25, 0.3) is 0 Å². The second kappa shape index (κ2) is 5.75. The minimum atomic E-state index is -0.577. The van der Waals surface area contributed by atoms with Gasteiger partial charge in [-0.2, -0.15) is 0 Å². The lowest BCUT2D eigenvalue weighted by Gasteiger charge is -2.08. The van der Waals surface area contributed by atoms with E-state index in [0.29, 0.717) is 10.7 Å². The highest BCUT2D eigenvalue weighted by atomic mass is 35.5. The maximum absolute atomic E-state index is 10.4. The van der Waals surface area contributed by atoms with Crippen molar-refractivity contribution in [1.82, 2.24) is 5.48 Å². The molecule has 0 saturated carbocycles. The van der Waals surface area contributed by atoms with Crippen LogP contribution < -0.4 is 5.48 Å². The van der Waals surface area contributed by atoms with E-state index in [1.165, 1.54) is 0 Å². The Morgan fingerprint density at radius 3 is 2.53 bits per heavy atom. The number of nitrogens with one attached hydrogen (secondary N) is 1. The molecule has 0 aliphatic heterocycles. The molecule has 0 aliphatic carbocycles. The molecule has 0 atom stereocenters. The first-order chi connectivity index (χ1) is 7.09. The molecule has 0 radical (unpaired) electrons. The van der Waals surface area contributed by atoms with E-state index in [0.717, 1.165) is 5.56 Å². The van der Waals surface area contributed by atoms with Gasteiger partial charge in [-0.05, 0) is 29.3 Å². The number of benzene rings is 1. The molecule has 0 fully saturated rings. The van der Waals surface area contributed by atoms with Crippen molar-refractivity contribution in [3.63, 3.8) is 0 Å². The standard InChI is InChI=1S/C10H9Cl2NO2/c1-7(13-15-6-10(12)14)8-2-4-9(11)5-3-8/h2-5,13H,1,6H2. The van der Waals surface area contributed by atoms with Crippen molar-refractivity contribution in [3.05, 3.63) is 41.4 Å². The van der Waals surface area contributed by atoms with Crippen molar-refractivity contribution >= 4 is 34.1 Å². The molecule has 0 bridgehead atoms. The van der Waals surface area contributed by atoms with Gasteiger partial charge in [-0.25, -0.2) is 0 Å². The second-order valence-corrected chi connectivity index (χ2v) is 3.59. The van der Waals surface area contributed by atoms with Gasteiger partial charge in [0.2, 0.25) is 5.24 Å². The van der Waals surface area contributed by atoms with Crippen molar-refractivity contribution in [2.45, 2.75) is 0 Å². The van der Waals surface area contributed by atoms with E-state index in [-0.39, 0.29) is 6.61 Å². The number of rotatable bonds is 5. The van der Waals surface area contributed by atoms with E-state index in [2.05, 4.69) is 12.1 Å². The van der Waals surface area contributed by atoms with Gasteiger partial charge in [0.05, 0.1) is 5.70 Å². The van der Waals surface area contributed by atoms with Gasteiger partial charge in [0, 0.05) is 5.02 Å². The summed E-state index contributed by atoms with van der Waals surface area (Å²) in [6.07, 6.45) is 0. The van der Waals surface area contributed by atoms with Gasteiger partial charge < -0.3 is 0 Å². The van der Waals surface area contributed by atoms with Crippen LogP contribution in [0.2, 0.25) is 5.02 Å². The van der Waals surface area contributed by atoms with Gasteiger partial charge in [-0.3, -0.25) is 15.1 Å². The average Bonchev–Trinajstić information content (AvgIpc) is 2.18. The molecule has 15 heavy (non-hydrogen) atoms. The fraction of sp³-hybridized carbons (Fsp3) is 0.100. The predicted molar refractivity (Wildman–Crippen MR) is 60.4 cm³/mol. The van der Waals surface area contributed by atoms with Gasteiger partial charge >= 0.3 is 0 Å². The van der Waals surface area contributed by atoms with E-state index in [9.17, 15) is 4.79 Å². The number of hydrogen-bond donors (Lipinski definition) is 1. The number of carbonyl (C=O) groups excluding carboxylic acids is 1. The Bertz CT molecular complexity index is 362. The smallest absolute Gasteiger partial charge is 0.250 e. The third-order valence-corrected chi connectivity index (χ3v) is 1.93. The molecule has 0 amide bonds. The van der Waals surface area contributed by atoms with Crippen LogP contribution in [0.5, 0.6) is 0 Å². The molecule has 1 aromatic rings. The molecule has 1 aromatic carbocycles. The highest BCUT2D eigenvalue weighted by Crippen LogP contribution is 2.14. The van der Waals surface area contributed by atoms with Gasteiger partial charge in [-0.15, -0.1) is 0 Å². The van der Waals surface area contributed by atoms with Crippen LogP contribution in [-0.4, -0.2) is 11.8 Å². The van der Waals surface area contributed by atoms with E-state index >= 15 is 0 Å². The quantitative estimate of drug-likeness (QED) is 0.641. The maximum atomic E-state index is 10.4. The molecule has 3 nitrogen and oxygen atoms in total. The third-order valence-electron chi connectivity index (χ3n) is 1.57. The minimum absolute atomic E-state index is 0.214. The fourth-order valence-corrected chi connectivity index (χ4v) is 1.07. The van der Waals surface area contributed by atoms with Crippen molar-refractivity contribution in [3.8, 4) is 0 Å². The van der Waals surface area contributed by atoms with E-state index in [1.807, 2.05) is 0 Å². The summed E-state index contributed by atoms with van der Waals surface area (Å²) in [6, 6.07) is 7.03. The Balaban J connectivity index is 2.47. The molecule has 80 valence electrons. The Morgan fingerprint density at radius 2 is 2.00 bits per heavy atom. The molecule has 0 unspecified atom stereocenters. The van der Waals surface area contributed by atoms with E-state index in [1.54, 1.807) is 24.3 Å². The predicted octanol–water partition coefficient (Wildman–Crippen LogP) is 2.60. The molecule has 0 heterocycles. The molecule has 1 rings (SSSR count). The van der Waals surface area contributed by atoms with Crippen LogP contribution >= 0.6 is 23.2 Å². The highest BCUT2D eigenvalue weighted by molar-refractivity contribution is 6.63. The molecule has 0 aliphatic rings. The summed E-state index contributed by atoms with van der Waals surface area (Å²) in [7, 11) is 0. The summed E-state index contributed by atoms with van der Waals surface area (Å²) in [5.41, 5.74) is 3.86. The number of hydroxylamine groups is 1. The number of halogens is 2. The summed E-state index contributed by atoms with van der Waals surface area (Å²) in [5, 5.41) is 0.0646. The Kier molecular flexibility index (Phi) is 4.62. The van der Waals surface area contributed by atoms with Crippen LogP contribution in [0.15, 0.2) is 30.8 Å². The van der Waals surface area contributed by atoms with Crippen molar-refractivity contribution in [2.24, 2.45) is 0 Å². The van der Waals surface area contributed by atoms with Gasteiger partial charge in [-0.1, -0.05) is 30.3 Å². The van der Waals surface area contributed by atoms with Crippen molar-refractivity contribution < 1.29 is 9.63 Å². The van der Waals surface area contributed by atoms with Crippen LogP contribution in [0, 0.1) is 0 Å². The molecule has 5 heteroatoms. The minimum Gasteiger partial charge on any atom is -0.279 e. The van der Waals surface area contributed by atoms with Crippen molar-refractivity contribution in [1.29, 1.82) is 0 Å². The molecule has 0 spiro atoms.